The predicted molar refractivity (Wildman–Crippen MR) is 125 cm³/mol. The zero-order valence-corrected chi connectivity index (χ0v) is 19.4. The summed E-state index contributed by atoms with van der Waals surface area (Å²) in [5.41, 5.74) is 2.58. The van der Waals surface area contributed by atoms with Crippen LogP contribution in [0, 0.1) is 6.92 Å². The van der Waals surface area contributed by atoms with E-state index in [0.29, 0.717) is 5.92 Å². The Balaban J connectivity index is 0.00000280. The number of methoxy groups -OCH3 is 1. The molecule has 1 N–H and O–H groups in total. The fourth-order valence-electron chi connectivity index (χ4n) is 3.53. The summed E-state index contributed by atoms with van der Waals surface area (Å²) in [7, 11) is 1.71. The number of likely N-dealkylation sites (tertiary alicyclic amines) is 1. The molecule has 1 aliphatic heterocycles. The van der Waals surface area contributed by atoms with Gasteiger partial charge in [-0.25, -0.2) is 0 Å². The fourth-order valence-corrected chi connectivity index (χ4v) is 3.53. The number of guanidine groups is 1. The highest BCUT2D eigenvalue weighted by Gasteiger charge is 2.26. The molecule has 1 aliphatic rings. The van der Waals surface area contributed by atoms with Gasteiger partial charge in [-0.1, -0.05) is 12.1 Å². The van der Waals surface area contributed by atoms with Crippen molar-refractivity contribution in [1.82, 2.24) is 20.0 Å². The molecule has 0 radical (unpaired) electrons. The van der Waals surface area contributed by atoms with Crippen molar-refractivity contribution in [1.29, 1.82) is 0 Å². The first-order valence-electron chi connectivity index (χ1n) is 9.86. The molecule has 28 heavy (non-hydrogen) atoms. The highest BCUT2D eigenvalue weighted by molar-refractivity contribution is 14.0. The lowest BCUT2D eigenvalue weighted by Gasteiger charge is -2.22. The molecule has 1 unspecified atom stereocenters. The van der Waals surface area contributed by atoms with Crippen LogP contribution in [0.2, 0.25) is 0 Å². The Morgan fingerprint density at radius 2 is 2.11 bits per heavy atom. The van der Waals surface area contributed by atoms with Crippen LogP contribution in [0.1, 0.15) is 36.8 Å². The number of aliphatic imine (C=N–C) groups is 1. The summed E-state index contributed by atoms with van der Waals surface area (Å²) >= 11 is 0. The molecular formula is C21H32IN5O. The topological polar surface area (TPSA) is 54.7 Å². The monoisotopic (exact) mass is 497 g/mol. The number of hydrogen-bond acceptors (Lipinski definition) is 3. The van der Waals surface area contributed by atoms with Gasteiger partial charge >= 0.3 is 0 Å². The van der Waals surface area contributed by atoms with Crippen LogP contribution in [0.15, 0.2) is 41.7 Å². The molecule has 0 saturated carbocycles. The van der Waals surface area contributed by atoms with Crippen molar-refractivity contribution in [3.05, 3.63) is 47.8 Å². The lowest BCUT2D eigenvalue weighted by molar-refractivity contribution is 0.414. The largest absolute Gasteiger partial charge is 0.497 e. The first-order valence-corrected chi connectivity index (χ1v) is 9.86. The quantitative estimate of drug-likeness (QED) is 0.275. The van der Waals surface area contributed by atoms with E-state index >= 15 is 0 Å². The van der Waals surface area contributed by atoms with Gasteiger partial charge < -0.3 is 15.0 Å². The van der Waals surface area contributed by atoms with Gasteiger partial charge in [0.1, 0.15) is 5.75 Å². The number of ether oxygens (including phenoxy) is 1. The molecule has 154 valence electrons. The van der Waals surface area contributed by atoms with Gasteiger partial charge in [-0.3, -0.25) is 9.67 Å². The normalized spacial score (nSPS) is 16.8. The minimum Gasteiger partial charge on any atom is -0.497 e. The summed E-state index contributed by atoms with van der Waals surface area (Å²) in [6.07, 6.45) is 6.13. The fraction of sp³-hybridized carbons (Fsp3) is 0.524. The third-order valence-electron chi connectivity index (χ3n) is 4.98. The number of halogens is 1. The van der Waals surface area contributed by atoms with Gasteiger partial charge in [0.2, 0.25) is 0 Å². The maximum absolute atomic E-state index is 5.27. The SMILES string of the molecule is CCNC(=NCCCn1cc(C)cn1)N1CCC(c2ccc(OC)cc2)C1.I. The zero-order chi connectivity index (χ0) is 19.1. The molecule has 1 saturated heterocycles. The van der Waals surface area contributed by atoms with Crippen LogP contribution in [0.3, 0.4) is 0 Å². The average Bonchev–Trinajstić information content (AvgIpc) is 3.34. The molecule has 1 atom stereocenters. The van der Waals surface area contributed by atoms with Crippen LogP contribution in [-0.4, -0.2) is 53.9 Å². The molecular weight excluding hydrogens is 465 g/mol. The van der Waals surface area contributed by atoms with Gasteiger partial charge in [-0.2, -0.15) is 5.10 Å². The molecule has 3 rings (SSSR count). The van der Waals surface area contributed by atoms with E-state index in [1.165, 1.54) is 11.1 Å². The van der Waals surface area contributed by atoms with E-state index in [4.69, 9.17) is 9.73 Å². The summed E-state index contributed by atoms with van der Waals surface area (Å²) < 4.78 is 7.26. The molecule has 6 nitrogen and oxygen atoms in total. The third kappa shape index (κ3) is 6.12. The lowest BCUT2D eigenvalue weighted by atomic mass is 9.98. The second-order valence-electron chi connectivity index (χ2n) is 7.07. The molecule has 1 fully saturated rings. The molecule has 0 bridgehead atoms. The molecule has 2 aromatic rings. The Labute approximate surface area is 185 Å². The van der Waals surface area contributed by atoms with Gasteiger partial charge in [0.25, 0.3) is 0 Å². The number of nitrogens with one attached hydrogen (secondary N) is 1. The van der Waals surface area contributed by atoms with Crippen molar-refractivity contribution >= 4 is 29.9 Å². The molecule has 1 aromatic carbocycles. The van der Waals surface area contributed by atoms with Crippen molar-refractivity contribution < 1.29 is 4.74 Å². The molecule has 2 heterocycles. The maximum atomic E-state index is 5.27. The van der Waals surface area contributed by atoms with Gasteiger partial charge in [0.15, 0.2) is 5.96 Å². The summed E-state index contributed by atoms with van der Waals surface area (Å²) in [4.78, 5) is 7.23. The summed E-state index contributed by atoms with van der Waals surface area (Å²) in [6, 6.07) is 8.47. The Kier molecular flexibility index (Phi) is 9.08. The van der Waals surface area contributed by atoms with E-state index < -0.39 is 0 Å². The zero-order valence-electron chi connectivity index (χ0n) is 17.1. The number of nitrogens with zero attached hydrogens (tertiary/aromatic N) is 4. The minimum absolute atomic E-state index is 0. The maximum Gasteiger partial charge on any atom is 0.193 e. The number of aromatic nitrogens is 2. The molecule has 0 spiro atoms. The van der Waals surface area contributed by atoms with E-state index in [1.807, 2.05) is 23.0 Å². The van der Waals surface area contributed by atoms with Gasteiger partial charge in [-0.15, -0.1) is 24.0 Å². The number of rotatable bonds is 7. The second kappa shape index (κ2) is 11.3. The predicted octanol–water partition coefficient (Wildman–Crippen LogP) is 3.66. The molecule has 0 amide bonds. The molecule has 0 aliphatic carbocycles. The summed E-state index contributed by atoms with van der Waals surface area (Å²) in [5, 5.41) is 7.79. The van der Waals surface area contributed by atoms with Crippen LogP contribution in [-0.2, 0) is 6.54 Å². The lowest BCUT2D eigenvalue weighted by Crippen LogP contribution is -2.40. The van der Waals surface area contributed by atoms with Crippen LogP contribution in [0.4, 0.5) is 0 Å². The van der Waals surface area contributed by atoms with Crippen LogP contribution in [0.5, 0.6) is 5.75 Å². The third-order valence-corrected chi connectivity index (χ3v) is 4.98. The van der Waals surface area contributed by atoms with Crippen molar-refractivity contribution in [2.45, 2.75) is 39.2 Å². The van der Waals surface area contributed by atoms with E-state index in [-0.39, 0.29) is 24.0 Å². The second-order valence-corrected chi connectivity index (χ2v) is 7.07. The highest BCUT2D eigenvalue weighted by atomic mass is 127. The average molecular weight is 497 g/mol. The van der Waals surface area contributed by atoms with Crippen molar-refractivity contribution in [3.63, 3.8) is 0 Å². The van der Waals surface area contributed by atoms with E-state index in [0.717, 1.165) is 57.3 Å². The molecule has 7 heteroatoms. The van der Waals surface area contributed by atoms with Crippen LogP contribution in [0.25, 0.3) is 0 Å². The first kappa shape index (κ1) is 22.5. The van der Waals surface area contributed by atoms with E-state index in [2.05, 4.69) is 47.5 Å². The van der Waals surface area contributed by atoms with E-state index in [9.17, 15) is 0 Å². The Hall–Kier alpha value is -1.77. The Bertz CT molecular complexity index is 744. The Morgan fingerprint density at radius 1 is 1.32 bits per heavy atom. The number of aryl methyl sites for hydroxylation is 2. The minimum atomic E-state index is 0. The van der Waals surface area contributed by atoms with E-state index in [1.54, 1.807) is 7.11 Å². The molecule has 1 aromatic heterocycles. The van der Waals surface area contributed by atoms with Crippen molar-refractivity contribution in [2.24, 2.45) is 4.99 Å². The standard InChI is InChI=1S/C21H31N5O.HI/c1-4-22-21(23-11-5-12-26-15-17(2)14-24-26)25-13-10-19(16-25)18-6-8-20(27-3)9-7-18;/h6-9,14-15,19H,4-5,10-13,16H2,1-3H3,(H,22,23);1H. The highest BCUT2D eigenvalue weighted by Crippen LogP contribution is 2.28. The van der Waals surface area contributed by atoms with Gasteiger partial charge in [0, 0.05) is 44.8 Å². The number of benzene rings is 1. The van der Waals surface area contributed by atoms with Crippen molar-refractivity contribution in [2.75, 3.05) is 33.3 Å². The first-order chi connectivity index (χ1) is 13.2. The number of hydrogen-bond donors (Lipinski definition) is 1. The summed E-state index contributed by atoms with van der Waals surface area (Å²) in [6.45, 7) is 8.85. The van der Waals surface area contributed by atoms with Crippen molar-refractivity contribution in [3.8, 4) is 5.75 Å². The van der Waals surface area contributed by atoms with Crippen LogP contribution < -0.4 is 10.1 Å². The van der Waals surface area contributed by atoms with Gasteiger partial charge in [-0.05, 0) is 49.9 Å². The Morgan fingerprint density at radius 3 is 2.75 bits per heavy atom. The smallest absolute Gasteiger partial charge is 0.193 e. The summed E-state index contributed by atoms with van der Waals surface area (Å²) in [5.74, 6) is 2.49. The van der Waals surface area contributed by atoms with Crippen LogP contribution >= 0.6 is 24.0 Å². The van der Waals surface area contributed by atoms with Gasteiger partial charge in [0.05, 0.1) is 13.3 Å².